The van der Waals surface area contributed by atoms with E-state index in [2.05, 4.69) is 43.4 Å². The third-order valence-corrected chi connectivity index (χ3v) is 3.14. The summed E-state index contributed by atoms with van der Waals surface area (Å²) in [5.74, 6) is -0.0516. The van der Waals surface area contributed by atoms with Gasteiger partial charge in [0.1, 0.15) is 0 Å². The molecule has 0 spiro atoms. The Bertz CT molecular complexity index is 373. The zero-order chi connectivity index (χ0) is 13.5. The average molecular weight is 248 g/mol. The molecule has 100 valence electrons. The molecule has 3 heteroatoms. The minimum atomic E-state index is -0.394. The zero-order valence-corrected chi connectivity index (χ0v) is 11.6. The van der Waals surface area contributed by atoms with Crippen molar-refractivity contribution in [2.24, 2.45) is 5.73 Å². The SMILES string of the molecule is CCC[C@H](N)C(=O)NC(CC)c1ccc(C)cc1. The van der Waals surface area contributed by atoms with Crippen molar-refractivity contribution >= 4 is 5.91 Å². The predicted molar refractivity (Wildman–Crippen MR) is 75.2 cm³/mol. The molecule has 18 heavy (non-hydrogen) atoms. The molecule has 0 heterocycles. The van der Waals surface area contributed by atoms with Gasteiger partial charge in [-0.25, -0.2) is 0 Å². The van der Waals surface area contributed by atoms with Crippen molar-refractivity contribution in [2.75, 3.05) is 0 Å². The van der Waals surface area contributed by atoms with Crippen molar-refractivity contribution in [2.45, 2.75) is 52.1 Å². The number of aryl methyl sites for hydroxylation is 1. The summed E-state index contributed by atoms with van der Waals surface area (Å²) >= 11 is 0. The molecule has 0 aliphatic rings. The lowest BCUT2D eigenvalue weighted by Gasteiger charge is -2.20. The Hall–Kier alpha value is -1.35. The third-order valence-electron chi connectivity index (χ3n) is 3.14. The summed E-state index contributed by atoms with van der Waals surface area (Å²) in [5.41, 5.74) is 8.18. The van der Waals surface area contributed by atoms with Gasteiger partial charge in [0.15, 0.2) is 0 Å². The average Bonchev–Trinajstić information content (AvgIpc) is 2.37. The highest BCUT2D eigenvalue weighted by molar-refractivity contribution is 5.81. The Balaban J connectivity index is 2.67. The highest BCUT2D eigenvalue weighted by atomic mass is 16.2. The summed E-state index contributed by atoms with van der Waals surface area (Å²) in [5, 5.41) is 3.02. The second-order valence-electron chi connectivity index (χ2n) is 4.78. The second kappa shape index (κ2) is 7.17. The second-order valence-corrected chi connectivity index (χ2v) is 4.78. The smallest absolute Gasteiger partial charge is 0.237 e. The topological polar surface area (TPSA) is 55.1 Å². The van der Waals surface area contributed by atoms with Gasteiger partial charge in [0.2, 0.25) is 5.91 Å². The van der Waals surface area contributed by atoms with E-state index in [1.165, 1.54) is 5.56 Å². The van der Waals surface area contributed by atoms with Crippen LogP contribution in [-0.4, -0.2) is 11.9 Å². The standard InChI is InChI=1S/C15H24N2O/c1-4-6-13(16)15(18)17-14(5-2)12-9-7-11(3)8-10-12/h7-10,13-14H,4-6,16H2,1-3H3,(H,17,18)/t13-,14?/m0/s1. The number of carbonyl (C=O) groups is 1. The summed E-state index contributed by atoms with van der Waals surface area (Å²) in [6.45, 7) is 6.15. The summed E-state index contributed by atoms with van der Waals surface area (Å²) in [7, 11) is 0. The van der Waals surface area contributed by atoms with Crippen LogP contribution in [0.15, 0.2) is 24.3 Å². The van der Waals surface area contributed by atoms with Gasteiger partial charge in [0.25, 0.3) is 0 Å². The van der Waals surface area contributed by atoms with Gasteiger partial charge in [-0.2, -0.15) is 0 Å². The lowest BCUT2D eigenvalue weighted by atomic mass is 10.0. The molecular formula is C15H24N2O. The Morgan fingerprint density at radius 3 is 2.39 bits per heavy atom. The molecule has 3 N–H and O–H groups in total. The largest absolute Gasteiger partial charge is 0.348 e. The Morgan fingerprint density at radius 2 is 1.89 bits per heavy atom. The Morgan fingerprint density at radius 1 is 1.28 bits per heavy atom. The number of hydrogen-bond acceptors (Lipinski definition) is 2. The Labute approximate surface area is 110 Å². The van der Waals surface area contributed by atoms with Gasteiger partial charge in [-0.3, -0.25) is 4.79 Å². The molecular weight excluding hydrogens is 224 g/mol. The zero-order valence-electron chi connectivity index (χ0n) is 11.6. The lowest BCUT2D eigenvalue weighted by Crippen LogP contribution is -2.42. The molecule has 1 aromatic carbocycles. The van der Waals surface area contributed by atoms with E-state index >= 15 is 0 Å². The van der Waals surface area contributed by atoms with Crippen LogP contribution in [0, 0.1) is 6.92 Å². The molecule has 0 aliphatic carbocycles. The highest BCUT2D eigenvalue weighted by Crippen LogP contribution is 2.17. The first-order chi connectivity index (χ1) is 8.58. The number of carbonyl (C=O) groups excluding carboxylic acids is 1. The van der Waals surface area contributed by atoms with Gasteiger partial charge >= 0.3 is 0 Å². The van der Waals surface area contributed by atoms with E-state index in [0.29, 0.717) is 0 Å². The normalized spacial score (nSPS) is 14.0. The van der Waals surface area contributed by atoms with E-state index in [1.54, 1.807) is 0 Å². The van der Waals surface area contributed by atoms with Crippen molar-refractivity contribution in [3.63, 3.8) is 0 Å². The lowest BCUT2D eigenvalue weighted by molar-refractivity contribution is -0.123. The van der Waals surface area contributed by atoms with Crippen LogP contribution in [0.5, 0.6) is 0 Å². The maximum atomic E-state index is 11.9. The van der Waals surface area contributed by atoms with Crippen LogP contribution in [-0.2, 0) is 4.79 Å². The van der Waals surface area contributed by atoms with Crippen molar-refractivity contribution < 1.29 is 4.79 Å². The van der Waals surface area contributed by atoms with E-state index in [0.717, 1.165) is 24.8 Å². The van der Waals surface area contributed by atoms with Crippen LogP contribution < -0.4 is 11.1 Å². The predicted octanol–water partition coefficient (Wildman–Crippen LogP) is 2.69. The van der Waals surface area contributed by atoms with Crippen LogP contribution in [0.25, 0.3) is 0 Å². The monoisotopic (exact) mass is 248 g/mol. The van der Waals surface area contributed by atoms with Crippen LogP contribution >= 0.6 is 0 Å². The van der Waals surface area contributed by atoms with Crippen LogP contribution in [0.2, 0.25) is 0 Å². The van der Waals surface area contributed by atoms with E-state index in [4.69, 9.17) is 5.73 Å². The summed E-state index contributed by atoms with van der Waals surface area (Å²) in [4.78, 5) is 11.9. The van der Waals surface area contributed by atoms with Crippen molar-refractivity contribution in [1.82, 2.24) is 5.32 Å². The summed E-state index contributed by atoms with van der Waals surface area (Å²) < 4.78 is 0. The maximum Gasteiger partial charge on any atom is 0.237 e. The quantitative estimate of drug-likeness (QED) is 0.813. The molecule has 0 aliphatic heterocycles. The van der Waals surface area contributed by atoms with E-state index in [-0.39, 0.29) is 11.9 Å². The van der Waals surface area contributed by atoms with E-state index in [1.807, 2.05) is 6.92 Å². The molecule has 0 radical (unpaired) electrons. The first-order valence-corrected chi connectivity index (χ1v) is 6.71. The summed E-state index contributed by atoms with van der Waals surface area (Å²) in [6, 6.07) is 7.92. The molecule has 1 rings (SSSR count). The van der Waals surface area contributed by atoms with Crippen LogP contribution in [0.3, 0.4) is 0 Å². The van der Waals surface area contributed by atoms with Crippen LogP contribution in [0.1, 0.15) is 50.3 Å². The summed E-state index contributed by atoms with van der Waals surface area (Å²) in [6.07, 6.45) is 2.53. The van der Waals surface area contributed by atoms with Gasteiger partial charge in [0, 0.05) is 0 Å². The van der Waals surface area contributed by atoms with Crippen molar-refractivity contribution in [1.29, 1.82) is 0 Å². The fourth-order valence-corrected chi connectivity index (χ4v) is 1.94. The molecule has 0 bridgehead atoms. The molecule has 0 saturated carbocycles. The maximum absolute atomic E-state index is 11.9. The fourth-order valence-electron chi connectivity index (χ4n) is 1.94. The van der Waals surface area contributed by atoms with Gasteiger partial charge in [-0.05, 0) is 25.3 Å². The Kier molecular flexibility index (Phi) is 5.86. The fraction of sp³-hybridized carbons (Fsp3) is 0.533. The number of amides is 1. The molecule has 0 saturated heterocycles. The molecule has 3 nitrogen and oxygen atoms in total. The number of benzene rings is 1. The molecule has 2 atom stereocenters. The number of rotatable bonds is 6. The number of nitrogens with one attached hydrogen (secondary N) is 1. The van der Waals surface area contributed by atoms with E-state index in [9.17, 15) is 4.79 Å². The molecule has 0 aromatic heterocycles. The number of nitrogens with two attached hydrogens (primary N) is 1. The van der Waals surface area contributed by atoms with Crippen molar-refractivity contribution in [3.8, 4) is 0 Å². The molecule has 0 fully saturated rings. The van der Waals surface area contributed by atoms with Crippen molar-refractivity contribution in [3.05, 3.63) is 35.4 Å². The molecule has 1 unspecified atom stereocenters. The van der Waals surface area contributed by atoms with Crippen LogP contribution in [0.4, 0.5) is 0 Å². The first kappa shape index (κ1) is 14.7. The van der Waals surface area contributed by atoms with E-state index < -0.39 is 6.04 Å². The highest BCUT2D eigenvalue weighted by Gasteiger charge is 2.17. The molecule has 1 aromatic rings. The molecule has 1 amide bonds. The first-order valence-electron chi connectivity index (χ1n) is 6.71. The third kappa shape index (κ3) is 4.15. The minimum absolute atomic E-state index is 0.0516. The van der Waals surface area contributed by atoms with Gasteiger partial charge in [-0.15, -0.1) is 0 Å². The minimum Gasteiger partial charge on any atom is -0.348 e. The van der Waals surface area contributed by atoms with Gasteiger partial charge in [0.05, 0.1) is 12.1 Å². The van der Waals surface area contributed by atoms with Gasteiger partial charge < -0.3 is 11.1 Å². The van der Waals surface area contributed by atoms with Gasteiger partial charge in [-0.1, -0.05) is 50.1 Å². The number of hydrogen-bond donors (Lipinski definition) is 2.